The Morgan fingerprint density at radius 2 is 1.95 bits per heavy atom. The summed E-state index contributed by atoms with van der Waals surface area (Å²) in [6.07, 6.45) is 0.615. The molecule has 3 nitrogen and oxygen atoms in total. The van der Waals surface area contributed by atoms with Crippen molar-refractivity contribution in [3.63, 3.8) is 0 Å². The van der Waals surface area contributed by atoms with E-state index in [2.05, 4.69) is 4.98 Å². The normalized spacial score (nSPS) is 10.6. The van der Waals surface area contributed by atoms with Crippen molar-refractivity contribution in [3.8, 4) is 0 Å². The van der Waals surface area contributed by atoms with Crippen LogP contribution in [-0.4, -0.2) is 17.6 Å². The number of aromatic nitrogens is 1. The maximum absolute atomic E-state index is 12.1. The van der Waals surface area contributed by atoms with Crippen molar-refractivity contribution in [2.24, 2.45) is 0 Å². The molecule has 0 aliphatic carbocycles. The van der Waals surface area contributed by atoms with Crippen molar-refractivity contribution < 1.29 is 9.53 Å². The average Bonchev–Trinajstić information content (AvgIpc) is 2.67. The minimum Gasteiger partial charge on any atom is -0.462 e. The first-order chi connectivity index (χ1) is 9.54. The first kappa shape index (κ1) is 14.7. The molecule has 20 heavy (non-hydrogen) atoms. The largest absolute Gasteiger partial charge is 0.462 e. The van der Waals surface area contributed by atoms with Gasteiger partial charge in [0, 0.05) is 22.8 Å². The fraction of sp³-hybridized carbons (Fsp3) is 0.312. The molecule has 0 unspecified atom stereocenters. The van der Waals surface area contributed by atoms with E-state index in [1.807, 2.05) is 38.1 Å². The van der Waals surface area contributed by atoms with Crippen LogP contribution in [0.5, 0.6) is 0 Å². The summed E-state index contributed by atoms with van der Waals surface area (Å²) in [6, 6.07) is 7.67. The summed E-state index contributed by atoms with van der Waals surface area (Å²) in [5.74, 6) is -0.281. The van der Waals surface area contributed by atoms with Crippen molar-refractivity contribution in [2.45, 2.75) is 27.2 Å². The van der Waals surface area contributed by atoms with Crippen LogP contribution in [0.15, 0.2) is 24.3 Å². The number of aryl methyl sites for hydroxylation is 2. The van der Waals surface area contributed by atoms with Gasteiger partial charge in [-0.3, -0.25) is 0 Å². The fourth-order valence-corrected chi connectivity index (χ4v) is 2.57. The predicted molar refractivity (Wildman–Crippen MR) is 80.5 cm³/mol. The Hall–Kier alpha value is -1.74. The van der Waals surface area contributed by atoms with Crippen LogP contribution >= 0.6 is 11.6 Å². The molecule has 0 fully saturated rings. The van der Waals surface area contributed by atoms with E-state index in [1.54, 1.807) is 6.92 Å². The Balaban J connectivity index is 2.41. The molecule has 0 aliphatic rings. The molecule has 1 aromatic heterocycles. The van der Waals surface area contributed by atoms with Crippen LogP contribution in [0.2, 0.25) is 5.02 Å². The lowest BCUT2D eigenvalue weighted by Gasteiger charge is -2.08. The molecule has 0 radical (unpaired) electrons. The minimum absolute atomic E-state index is 0.281. The van der Waals surface area contributed by atoms with E-state index in [0.29, 0.717) is 23.6 Å². The standard InChI is InChI=1S/C16H18ClNO2/c1-4-20-16(19)15-11(3)18-10(2)13(15)9-12-7-5-6-8-14(12)17/h5-8,18H,4,9H2,1-3H3. The highest BCUT2D eigenvalue weighted by Crippen LogP contribution is 2.25. The second-order valence-corrected chi connectivity index (χ2v) is 5.12. The van der Waals surface area contributed by atoms with Gasteiger partial charge in [-0.05, 0) is 38.0 Å². The summed E-state index contributed by atoms with van der Waals surface area (Å²) in [7, 11) is 0. The third-order valence-corrected chi connectivity index (χ3v) is 3.68. The Morgan fingerprint density at radius 1 is 1.25 bits per heavy atom. The number of benzene rings is 1. The minimum atomic E-state index is -0.281. The third kappa shape index (κ3) is 2.88. The second kappa shape index (κ2) is 6.14. The van der Waals surface area contributed by atoms with E-state index in [0.717, 1.165) is 22.5 Å². The van der Waals surface area contributed by atoms with Crippen molar-refractivity contribution in [2.75, 3.05) is 6.61 Å². The first-order valence-corrected chi connectivity index (χ1v) is 7.01. The van der Waals surface area contributed by atoms with Gasteiger partial charge in [0.15, 0.2) is 0 Å². The second-order valence-electron chi connectivity index (χ2n) is 4.72. The summed E-state index contributed by atoms with van der Waals surface area (Å²) >= 11 is 6.20. The first-order valence-electron chi connectivity index (χ1n) is 6.63. The molecule has 106 valence electrons. The number of hydrogen-bond donors (Lipinski definition) is 1. The van der Waals surface area contributed by atoms with Gasteiger partial charge < -0.3 is 9.72 Å². The third-order valence-electron chi connectivity index (χ3n) is 3.31. The van der Waals surface area contributed by atoms with Crippen molar-refractivity contribution in [1.82, 2.24) is 4.98 Å². The molecule has 0 saturated carbocycles. The topological polar surface area (TPSA) is 42.1 Å². The predicted octanol–water partition coefficient (Wildman–Crippen LogP) is 4.05. The van der Waals surface area contributed by atoms with E-state index < -0.39 is 0 Å². The van der Waals surface area contributed by atoms with Crippen LogP contribution in [0.1, 0.15) is 39.8 Å². The van der Waals surface area contributed by atoms with Gasteiger partial charge in [0.25, 0.3) is 0 Å². The SMILES string of the molecule is CCOC(=O)c1c(C)[nH]c(C)c1Cc1ccccc1Cl. The van der Waals surface area contributed by atoms with E-state index in [9.17, 15) is 4.79 Å². The monoisotopic (exact) mass is 291 g/mol. The number of halogens is 1. The fourth-order valence-electron chi connectivity index (χ4n) is 2.37. The van der Waals surface area contributed by atoms with Gasteiger partial charge >= 0.3 is 5.97 Å². The zero-order valence-electron chi connectivity index (χ0n) is 11.9. The van der Waals surface area contributed by atoms with Gasteiger partial charge in [0.1, 0.15) is 0 Å². The highest BCUT2D eigenvalue weighted by molar-refractivity contribution is 6.31. The maximum Gasteiger partial charge on any atom is 0.340 e. The van der Waals surface area contributed by atoms with Gasteiger partial charge in [-0.25, -0.2) is 4.79 Å². The van der Waals surface area contributed by atoms with E-state index in [1.165, 1.54) is 0 Å². The van der Waals surface area contributed by atoms with Crippen LogP contribution < -0.4 is 0 Å². The van der Waals surface area contributed by atoms with Crippen LogP contribution in [0.25, 0.3) is 0 Å². The lowest BCUT2D eigenvalue weighted by Crippen LogP contribution is -2.08. The molecule has 0 spiro atoms. The zero-order valence-corrected chi connectivity index (χ0v) is 12.7. The van der Waals surface area contributed by atoms with Crippen LogP contribution in [0, 0.1) is 13.8 Å². The van der Waals surface area contributed by atoms with Crippen LogP contribution in [0.4, 0.5) is 0 Å². The molecule has 0 amide bonds. The van der Waals surface area contributed by atoms with Crippen LogP contribution in [0.3, 0.4) is 0 Å². The Bertz CT molecular complexity index is 631. The molecule has 2 aromatic rings. The van der Waals surface area contributed by atoms with Gasteiger partial charge in [-0.15, -0.1) is 0 Å². The molecule has 4 heteroatoms. The molecule has 1 heterocycles. The number of H-pyrrole nitrogens is 1. The molecule has 1 aromatic carbocycles. The molecule has 1 N–H and O–H groups in total. The molecule has 0 aliphatic heterocycles. The van der Waals surface area contributed by atoms with Crippen molar-refractivity contribution in [1.29, 1.82) is 0 Å². The Morgan fingerprint density at radius 3 is 2.60 bits per heavy atom. The van der Waals surface area contributed by atoms with Crippen LogP contribution in [-0.2, 0) is 11.2 Å². The molecule has 0 atom stereocenters. The van der Waals surface area contributed by atoms with Gasteiger partial charge in [0.05, 0.1) is 12.2 Å². The summed E-state index contributed by atoms with van der Waals surface area (Å²) in [6.45, 7) is 6.02. The molecule has 0 saturated heterocycles. The number of esters is 1. The molecule has 0 bridgehead atoms. The van der Waals surface area contributed by atoms with E-state index in [4.69, 9.17) is 16.3 Å². The number of rotatable bonds is 4. The van der Waals surface area contributed by atoms with Gasteiger partial charge in [-0.1, -0.05) is 29.8 Å². The molecular formula is C16H18ClNO2. The number of carbonyl (C=O) groups excluding carboxylic acids is 1. The van der Waals surface area contributed by atoms with Crippen molar-refractivity contribution in [3.05, 3.63) is 57.4 Å². The zero-order chi connectivity index (χ0) is 14.7. The summed E-state index contributed by atoms with van der Waals surface area (Å²) in [5, 5.41) is 0.709. The quantitative estimate of drug-likeness (QED) is 0.864. The lowest BCUT2D eigenvalue weighted by atomic mass is 10.0. The number of ether oxygens (including phenoxy) is 1. The highest BCUT2D eigenvalue weighted by Gasteiger charge is 2.20. The van der Waals surface area contributed by atoms with E-state index in [-0.39, 0.29) is 5.97 Å². The van der Waals surface area contributed by atoms with Crippen molar-refractivity contribution >= 4 is 17.6 Å². The molecule has 2 rings (SSSR count). The Labute approximate surface area is 123 Å². The average molecular weight is 292 g/mol. The van der Waals surface area contributed by atoms with Gasteiger partial charge in [-0.2, -0.15) is 0 Å². The summed E-state index contributed by atoms with van der Waals surface area (Å²) in [4.78, 5) is 15.3. The molecular weight excluding hydrogens is 274 g/mol. The number of nitrogens with one attached hydrogen (secondary N) is 1. The number of aromatic amines is 1. The van der Waals surface area contributed by atoms with Gasteiger partial charge in [0.2, 0.25) is 0 Å². The summed E-state index contributed by atoms with van der Waals surface area (Å²) < 4.78 is 5.14. The lowest BCUT2D eigenvalue weighted by molar-refractivity contribution is 0.0524. The number of hydrogen-bond acceptors (Lipinski definition) is 2. The number of carbonyl (C=O) groups is 1. The maximum atomic E-state index is 12.1. The smallest absolute Gasteiger partial charge is 0.340 e. The Kier molecular flexibility index (Phi) is 4.50. The summed E-state index contributed by atoms with van der Waals surface area (Å²) in [5.41, 5.74) is 4.40. The van der Waals surface area contributed by atoms with E-state index >= 15 is 0 Å². The highest BCUT2D eigenvalue weighted by atomic mass is 35.5.